The van der Waals surface area contributed by atoms with Gasteiger partial charge in [0.1, 0.15) is 6.07 Å². The third kappa shape index (κ3) is 3.09. The van der Waals surface area contributed by atoms with Crippen LogP contribution in [0.25, 0.3) is 0 Å². The lowest BCUT2D eigenvalue weighted by Gasteiger charge is -2.14. The van der Waals surface area contributed by atoms with Gasteiger partial charge in [0.15, 0.2) is 5.82 Å². The van der Waals surface area contributed by atoms with Crippen LogP contribution in [-0.2, 0) is 4.79 Å². The summed E-state index contributed by atoms with van der Waals surface area (Å²) in [7, 11) is 0. The molecule has 1 heterocycles. The lowest BCUT2D eigenvalue weighted by Crippen LogP contribution is -2.21. The molecule has 2 N–H and O–H groups in total. The molecule has 0 aliphatic rings. The van der Waals surface area contributed by atoms with Gasteiger partial charge in [0.25, 0.3) is 0 Å². The lowest BCUT2D eigenvalue weighted by atomic mass is 9.99. The summed E-state index contributed by atoms with van der Waals surface area (Å²) in [4.78, 5) is 11.3. The Labute approximate surface area is 115 Å². The lowest BCUT2D eigenvalue weighted by molar-refractivity contribution is -0.138. The minimum Gasteiger partial charge on any atom is -0.481 e. The third-order valence-electron chi connectivity index (χ3n) is 2.81. The second-order valence-electron chi connectivity index (χ2n) is 4.09. The number of anilines is 1. The highest BCUT2D eigenvalue weighted by molar-refractivity contribution is 5.77. The van der Waals surface area contributed by atoms with Crippen LogP contribution in [0.15, 0.2) is 42.6 Å². The summed E-state index contributed by atoms with van der Waals surface area (Å²) in [6.45, 7) is 0.132. The number of carboxylic acids is 1. The quantitative estimate of drug-likeness (QED) is 0.855. The van der Waals surface area contributed by atoms with E-state index in [4.69, 9.17) is 5.26 Å². The molecule has 2 rings (SSSR count). The summed E-state index contributed by atoms with van der Waals surface area (Å²) >= 11 is 0. The van der Waals surface area contributed by atoms with Crippen LogP contribution < -0.4 is 5.32 Å². The summed E-state index contributed by atoms with van der Waals surface area (Å²) in [5, 5.41) is 28.6. The average molecular weight is 268 g/mol. The Bertz CT molecular complexity index is 637. The van der Waals surface area contributed by atoms with Crippen LogP contribution in [0.3, 0.4) is 0 Å². The maximum Gasteiger partial charge on any atom is 0.312 e. The van der Waals surface area contributed by atoms with Crippen molar-refractivity contribution in [2.45, 2.75) is 5.92 Å². The molecule has 1 atom stereocenters. The van der Waals surface area contributed by atoms with Gasteiger partial charge in [-0.15, -0.1) is 5.10 Å². The first-order valence-electron chi connectivity index (χ1n) is 5.95. The molecule has 0 amide bonds. The normalized spacial score (nSPS) is 11.3. The van der Waals surface area contributed by atoms with Crippen LogP contribution in [0.1, 0.15) is 17.0 Å². The second-order valence-corrected chi connectivity index (χ2v) is 4.09. The van der Waals surface area contributed by atoms with E-state index in [9.17, 15) is 9.90 Å². The number of benzene rings is 1. The Morgan fingerprint density at radius 2 is 2.10 bits per heavy atom. The van der Waals surface area contributed by atoms with Crippen molar-refractivity contribution in [1.82, 2.24) is 10.2 Å². The Kier molecular flexibility index (Phi) is 4.24. The Morgan fingerprint density at radius 1 is 1.35 bits per heavy atom. The Balaban J connectivity index is 2.15. The molecule has 0 aliphatic heterocycles. The first kappa shape index (κ1) is 13.5. The van der Waals surface area contributed by atoms with E-state index in [1.807, 2.05) is 12.1 Å². The average Bonchev–Trinajstić information content (AvgIpc) is 2.48. The number of nitrogens with zero attached hydrogens (tertiary/aromatic N) is 3. The molecular formula is C14H12N4O2. The van der Waals surface area contributed by atoms with Crippen molar-refractivity contribution < 1.29 is 9.90 Å². The molecule has 0 bridgehead atoms. The van der Waals surface area contributed by atoms with E-state index >= 15 is 0 Å². The molecule has 0 aliphatic carbocycles. The molecule has 20 heavy (non-hydrogen) atoms. The standard InChI is InChI=1S/C14H12N4O2/c15-8-11-6-7-17-18-13(11)16-9-12(14(19)20)10-4-2-1-3-5-10/h1-7,12H,9H2,(H,16,18)(H,19,20). The molecule has 100 valence electrons. The molecule has 0 saturated carbocycles. The number of hydrogen-bond acceptors (Lipinski definition) is 5. The minimum absolute atomic E-state index is 0.132. The summed E-state index contributed by atoms with van der Waals surface area (Å²) in [5.41, 5.74) is 1.02. The van der Waals surface area contributed by atoms with Crippen molar-refractivity contribution in [2.75, 3.05) is 11.9 Å². The number of nitriles is 1. The predicted molar refractivity (Wildman–Crippen MR) is 72.1 cm³/mol. The molecular weight excluding hydrogens is 256 g/mol. The van der Waals surface area contributed by atoms with E-state index < -0.39 is 11.9 Å². The van der Waals surface area contributed by atoms with Gasteiger partial charge >= 0.3 is 5.97 Å². The molecule has 1 aromatic heterocycles. The number of hydrogen-bond donors (Lipinski definition) is 2. The molecule has 2 aromatic rings. The van der Waals surface area contributed by atoms with Crippen LogP contribution in [-0.4, -0.2) is 27.8 Å². The molecule has 6 nitrogen and oxygen atoms in total. The number of rotatable bonds is 5. The zero-order valence-electron chi connectivity index (χ0n) is 10.5. The van der Waals surface area contributed by atoms with Gasteiger partial charge in [-0.3, -0.25) is 4.79 Å². The zero-order chi connectivity index (χ0) is 14.4. The monoisotopic (exact) mass is 268 g/mol. The smallest absolute Gasteiger partial charge is 0.312 e. The van der Waals surface area contributed by atoms with Gasteiger partial charge in [0.05, 0.1) is 17.7 Å². The first-order valence-corrected chi connectivity index (χ1v) is 5.95. The van der Waals surface area contributed by atoms with Crippen molar-refractivity contribution in [1.29, 1.82) is 5.26 Å². The van der Waals surface area contributed by atoms with E-state index in [1.165, 1.54) is 12.3 Å². The number of nitrogens with one attached hydrogen (secondary N) is 1. The fourth-order valence-electron chi connectivity index (χ4n) is 1.78. The van der Waals surface area contributed by atoms with Crippen LogP contribution in [0.4, 0.5) is 5.82 Å². The SMILES string of the molecule is N#Cc1ccnnc1NCC(C(=O)O)c1ccccc1. The molecule has 6 heteroatoms. The van der Waals surface area contributed by atoms with Gasteiger partial charge in [0.2, 0.25) is 0 Å². The summed E-state index contributed by atoms with van der Waals surface area (Å²) in [5.74, 6) is -1.37. The fourth-order valence-corrected chi connectivity index (χ4v) is 1.78. The van der Waals surface area contributed by atoms with E-state index in [0.717, 1.165) is 0 Å². The van der Waals surface area contributed by atoms with Gasteiger partial charge < -0.3 is 10.4 Å². The van der Waals surface area contributed by atoms with Crippen molar-refractivity contribution in [3.8, 4) is 6.07 Å². The second kappa shape index (κ2) is 6.29. The van der Waals surface area contributed by atoms with Crippen LogP contribution >= 0.6 is 0 Å². The topological polar surface area (TPSA) is 98.9 Å². The largest absolute Gasteiger partial charge is 0.481 e. The van der Waals surface area contributed by atoms with Crippen LogP contribution in [0, 0.1) is 11.3 Å². The van der Waals surface area contributed by atoms with Crippen molar-refractivity contribution in [3.05, 3.63) is 53.7 Å². The fraction of sp³-hybridized carbons (Fsp3) is 0.143. The van der Waals surface area contributed by atoms with Crippen molar-refractivity contribution in [2.24, 2.45) is 0 Å². The first-order chi connectivity index (χ1) is 9.72. The van der Waals surface area contributed by atoms with Gasteiger partial charge in [0, 0.05) is 6.54 Å². The molecule has 0 saturated heterocycles. The van der Waals surface area contributed by atoms with Gasteiger partial charge in [-0.25, -0.2) is 0 Å². The molecule has 1 unspecified atom stereocenters. The highest BCUT2D eigenvalue weighted by Crippen LogP contribution is 2.17. The highest BCUT2D eigenvalue weighted by atomic mass is 16.4. The number of aromatic nitrogens is 2. The highest BCUT2D eigenvalue weighted by Gasteiger charge is 2.20. The van der Waals surface area contributed by atoms with Gasteiger partial charge in [-0.2, -0.15) is 10.4 Å². The van der Waals surface area contributed by atoms with Crippen LogP contribution in [0.5, 0.6) is 0 Å². The summed E-state index contributed by atoms with van der Waals surface area (Å²) < 4.78 is 0. The number of aliphatic carboxylic acids is 1. The molecule has 1 aromatic carbocycles. The zero-order valence-corrected chi connectivity index (χ0v) is 10.5. The molecule has 0 radical (unpaired) electrons. The van der Waals surface area contributed by atoms with Gasteiger partial charge in [-0.05, 0) is 11.6 Å². The maximum absolute atomic E-state index is 11.3. The number of carboxylic acid groups (broad SMARTS) is 1. The van der Waals surface area contributed by atoms with Crippen molar-refractivity contribution >= 4 is 11.8 Å². The predicted octanol–water partition coefficient (Wildman–Crippen LogP) is 1.63. The summed E-state index contributed by atoms with van der Waals surface area (Å²) in [6, 6.07) is 12.4. The maximum atomic E-state index is 11.3. The Morgan fingerprint density at radius 3 is 2.75 bits per heavy atom. The van der Waals surface area contributed by atoms with Crippen molar-refractivity contribution in [3.63, 3.8) is 0 Å². The number of carbonyl (C=O) groups is 1. The van der Waals surface area contributed by atoms with E-state index in [1.54, 1.807) is 24.3 Å². The van der Waals surface area contributed by atoms with E-state index in [2.05, 4.69) is 15.5 Å². The molecule has 0 spiro atoms. The minimum atomic E-state index is -0.939. The van der Waals surface area contributed by atoms with E-state index in [0.29, 0.717) is 11.1 Å². The Hall–Kier alpha value is -2.94. The van der Waals surface area contributed by atoms with E-state index in [-0.39, 0.29) is 12.4 Å². The van der Waals surface area contributed by atoms with Crippen LogP contribution in [0.2, 0.25) is 0 Å². The van der Waals surface area contributed by atoms with Gasteiger partial charge in [-0.1, -0.05) is 30.3 Å². The summed E-state index contributed by atoms with van der Waals surface area (Å²) in [6.07, 6.45) is 1.41. The molecule has 0 fully saturated rings. The third-order valence-corrected chi connectivity index (χ3v) is 2.81.